The van der Waals surface area contributed by atoms with Gasteiger partial charge < -0.3 is 5.11 Å². The molecule has 0 fully saturated rings. The molecule has 0 bridgehead atoms. The van der Waals surface area contributed by atoms with Crippen LogP contribution in [0.15, 0.2) is 23.3 Å². The lowest BCUT2D eigenvalue weighted by atomic mass is 10.1. The number of nitrogens with one attached hydrogen (secondary N) is 2. The Labute approximate surface area is 124 Å². The van der Waals surface area contributed by atoms with Gasteiger partial charge in [0.2, 0.25) is 0 Å². The average Bonchev–Trinajstić information content (AvgIpc) is 3.09. The topological polar surface area (TPSA) is 99.6 Å². The molecule has 3 aromatic heterocycles. The van der Waals surface area contributed by atoms with Crippen LogP contribution in [0.4, 0.5) is 0 Å². The minimum atomic E-state index is -0.340. The van der Waals surface area contributed by atoms with Crippen molar-refractivity contribution in [2.45, 2.75) is 19.4 Å². The number of hydrogen-bond acceptors (Lipinski definition) is 4. The minimum Gasteiger partial charge on any atom is -0.394 e. The van der Waals surface area contributed by atoms with Crippen LogP contribution in [-0.2, 0) is 0 Å². The number of aromatic nitrogens is 5. The Morgan fingerprint density at radius 1 is 1.52 bits per heavy atom. The normalized spacial score (nSPS) is 12.9. The Balaban J connectivity index is 2.41. The van der Waals surface area contributed by atoms with Gasteiger partial charge in [-0.15, -0.1) is 0 Å². The summed E-state index contributed by atoms with van der Waals surface area (Å²) < 4.78 is 1.50. The van der Waals surface area contributed by atoms with E-state index in [9.17, 15) is 9.90 Å². The van der Waals surface area contributed by atoms with Gasteiger partial charge in [0.25, 0.3) is 0 Å². The smallest absolute Gasteiger partial charge is 0.328 e. The number of pyridine rings is 1. The highest BCUT2D eigenvalue weighted by molar-refractivity contribution is 6.34. The van der Waals surface area contributed by atoms with Crippen LogP contribution in [0.3, 0.4) is 0 Å². The fourth-order valence-electron chi connectivity index (χ4n) is 2.46. The summed E-state index contributed by atoms with van der Waals surface area (Å²) in [6.45, 7) is 1.76. The zero-order valence-corrected chi connectivity index (χ0v) is 12.1. The van der Waals surface area contributed by atoms with Crippen LogP contribution in [0.5, 0.6) is 0 Å². The van der Waals surface area contributed by atoms with Crippen molar-refractivity contribution in [1.29, 1.82) is 0 Å². The third kappa shape index (κ3) is 2.14. The molecule has 0 unspecified atom stereocenters. The molecule has 3 aromatic rings. The van der Waals surface area contributed by atoms with Crippen molar-refractivity contribution in [2.24, 2.45) is 0 Å². The van der Waals surface area contributed by atoms with E-state index in [2.05, 4.69) is 20.2 Å². The summed E-state index contributed by atoms with van der Waals surface area (Å²) in [7, 11) is 0. The van der Waals surface area contributed by atoms with Crippen LogP contribution in [0, 0.1) is 0 Å². The summed E-state index contributed by atoms with van der Waals surface area (Å²) in [5.74, 6) is 0. The first kappa shape index (κ1) is 13.8. The zero-order valence-electron chi connectivity index (χ0n) is 11.3. The molecule has 21 heavy (non-hydrogen) atoms. The van der Waals surface area contributed by atoms with Gasteiger partial charge in [-0.25, -0.2) is 9.78 Å². The van der Waals surface area contributed by atoms with Crippen molar-refractivity contribution in [3.63, 3.8) is 0 Å². The summed E-state index contributed by atoms with van der Waals surface area (Å²) in [5, 5.41) is 16.7. The fraction of sp³-hybridized carbons (Fsp3) is 0.308. The van der Waals surface area contributed by atoms with Crippen molar-refractivity contribution in [3.05, 3.63) is 34.0 Å². The lowest BCUT2D eigenvalue weighted by Crippen LogP contribution is -2.24. The Kier molecular flexibility index (Phi) is 3.52. The largest absolute Gasteiger partial charge is 0.394 e. The Bertz CT molecular complexity index is 817. The standard InChI is InChI=1S/C13H14ClN5O2/c1-2-7(6-20)19-11-10(9-3-4-16-18-9)8(14)5-15-12(11)17-13(19)21/h3-5,7,20H,2,6H2,1H3,(H,16,18)(H,15,17,21)/t7-/m0/s1. The maximum atomic E-state index is 12.2. The van der Waals surface area contributed by atoms with Gasteiger partial charge >= 0.3 is 5.69 Å². The molecule has 0 aromatic carbocycles. The summed E-state index contributed by atoms with van der Waals surface area (Å²) in [4.78, 5) is 19.1. The van der Waals surface area contributed by atoms with Gasteiger partial charge in [0, 0.05) is 18.0 Å². The third-order valence-corrected chi connectivity index (χ3v) is 3.80. The highest BCUT2D eigenvalue weighted by atomic mass is 35.5. The highest BCUT2D eigenvalue weighted by Crippen LogP contribution is 2.33. The predicted molar refractivity (Wildman–Crippen MR) is 79.4 cm³/mol. The number of halogens is 1. The molecule has 7 nitrogen and oxygen atoms in total. The summed E-state index contributed by atoms with van der Waals surface area (Å²) in [6, 6.07) is 1.43. The molecule has 0 spiro atoms. The maximum absolute atomic E-state index is 12.2. The van der Waals surface area contributed by atoms with Gasteiger partial charge in [0.1, 0.15) is 0 Å². The van der Waals surface area contributed by atoms with Crippen LogP contribution in [0.1, 0.15) is 19.4 Å². The van der Waals surface area contributed by atoms with E-state index < -0.39 is 0 Å². The average molecular weight is 308 g/mol. The maximum Gasteiger partial charge on any atom is 0.328 e. The summed E-state index contributed by atoms with van der Waals surface area (Å²) in [5.41, 5.74) is 2.01. The molecule has 0 aliphatic heterocycles. The molecular formula is C13H14ClN5O2. The summed E-state index contributed by atoms with van der Waals surface area (Å²) >= 11 is 6.26. The van der Waals surface area contributed by atoms with Crippen molar-refractivity contribution < 1.29 is 5.11 Å². The van der Waals surface area contributed by atoms with Crippen molar-refractivity contribution in [2.75, 3.05) is 6.61 Å². The van der Waals surface area contributed by atoms with Crippen LogP contribution in [-0.4, -0.2) is 36.4 Å². The van der Waals surface area contributed by atoms with E-state index >= 15 is 0 Å². The van der Waals surface area contributed by atoms with E-state index in [1.165, 1.54) is 10.8 Å². The molecule has 0 radical (unpaired) electrons. The first-order chi connectivity index (χ1) is 10.2. The molecule has 0 saturated carbocycles. The minimum absolute atomic E-state index is 0.141. The molecule has 3 N–H and O–H groups in total. The SMILES string of the molecule is CC[C@@H](CO)n1c(=O)[nH]c2ncc(Cl)c(-c3ccn[nH]3)c21. The Morgan fingerprint density at radius 2 is 2.33 bits per heavy atom. The molecule has 0 aliphatic rings. The van der Waals surface area contributed by atoms with Crippen LogP contribution < -0.4 is 5.69 Å². The van der Waals surface area contributed by atoms with Crippen LogP contribution in [0.25, 0.3) is 22.4 Å². The van der Waals surface area contributed by atoms with Gasteiger partial charge in [-0.1, -0.05) is 18.5 Å². The number of nitrogens with zero attached hydrogens (tertiary/aromatic N) is 3. The van der Waals surface area contributed by atoms with E-state index in [0.717, 1.165) is 0 Å². The third-order valence-electron chi connectivity index (χ3n) is 3.51. The van der Waals surface area contributed by atoms with E-state index in [0.29, 0.717) is 33.9 Å². The number of hydrogen-bond donors (Lipinski definition) is 3. The lowest BCUT2D eigenvalue weighted by Gasteiger charge is -2.15. The van der Waals surface area contributed by atoms with Crippen molar-refractivity contribution in [1.82, 2.24) is 24.7 Å². The second-order valence-electron chi connectivity index (χ2n) is 4.69. The van der Waals surface area contributed by atoms with E-state index in [1.54, 1.807) is 12.3 Å². The first-order valence-corrected chi connectivity index (χ1v) is 6.94. The number of aliphatic hydroxyl groups excluding tert-OH is 1. The molecule has 3 rings (SSSR count). The molecule has 110 valence electrons. The van der Waals surface area contributed by atoms with Gasteiger partial charge in [0.05, 0.1) is 28.9 Å². The van der Waals surface area contributed by atoms with Crippen LogP contribution in [0.2, 0.25) is 5.02 Å². The lowest BCUT2D eigenvalue weighted by molar-refractivity contribution is 0.225. The predicted octanol–water partition coefficient (Wildman–Crippen LogP) is 1.71. The Morgan fingerprint density at radius 3 is 2.95 bits per heavy atom. The van der Waals surface area contributed by atoms with Gasteiger partial charge in [0.15, 0.2) is 5.65 Å². The van der Waals surface area contributed by atoms with E-state index in [1.807, 2.05) is 6.92 Å². The second-order valence-corrected chi connectivity index (χ2v) is 5.10. The molecule has 8 heteroatoms. The van der Waals surface area contributed by atoms with Gasteiger partial charge in [-0.3, -0.25) is 14.6 Å². The number of H-pyrrole nitrogens is 2. The van der Waals surface area contributed by atoms with E-state index in [4.69, 9.17) is 11.6 Å². The highest BCUT2D eigenvalue weighted by Gasteiger charge is 2.21. The fourth-order valence-corrected chi connectivity index (χ4v) is 2.70. The summed E-state index contributed by atoms with van der Waals surface area (Å²) in [6.07, 6.45) is 3.70. The molecular weight excluding hydrogens is 294 g/mol. The zero-order chi connectivity index (χ0) is 15.0. The molecule has 0 amide bonds. The number of aliphatic hydroxyl groups is 1. The molecule has 0 saturated heterocycles. The van der Waals surface area contributed by atoms with E-state index in [-0.39, 0.29) is 18.3 Å². The van der Waals surface area contributed by atoms with Gasteiger partial charge in [-0.2, -0.15) is 5.10 Å². The molecule has 1 atom stereocenters. The van der Waals surface area contributed by atoms with Crippen LogP contribution >= 0.6 is 11.6 Å². The quantitative estimate of drug-likeness (QED) is 0.683. The molecule has 3 heterocycles. The number of aromatic amines is 2. The first-order valence-electron chi connectivity index (χ1n) is 6.56. The number of fused-ring (bicyclic) bond motifs is 1. The number of rotatable bonds is 4. The second kappa shape index (κ2) is 5.34. The monoisotopic (exact) mass is 307 g/mol. The molecule has 0 aliphatic carbocycles. The van der Waals surface area contributed by atoms with Gasteiger partial charge in [-0.05, 0) is 12.5 Å². The van der Waals surface area contributed by atoms with Crippen molar-refractivity contribution in [3.8, 4) is 11.3 Å². The Hall–Kier alpha value is -2.12. The number of imidazole rings is 1. The van der Waals surface area contributed by atoms with Crippen molar-refractivity contribution >= 4 is 22.8 Å².